The van der Waals surface area contributed by atoms with E-state index in [0.717, 1.165) is 0 Å². The van der Waals surface area contributed by atoms with Gasteiger partial charge in [-0.1, -0.05) is 12.1 Å². The normalized spacial score (nSPS) is 10.6. The van der Waals surface area contributed by atoms with E-state index in [2.05, 4.69) is 10.4 Å². The number of rotatable bonds is 3. The van der Waals surface area contributed by atoms with Crippen molar-refractivity contribution < 1.29 is 9.59 Å². The molecule has 0 bridgehead atoms. The van der Waals surface area contributed by atoms with Crippen LogP contribution < -0.4 is 10.7 Å². The monoisotopic (exact) mass is 321 g/mol. The Hall–Kier alpha value is -3.28. The van der Waals surface area contributed by atoms with E-state index >= 15 is 0 Å². The second kappa shape index (κ2) is 6.08. The van der Waals surface area contributed by atoms with Crippen molar-refractivity contribution in [2.45, 2.75) is 6.92 Å². The summed E-state index contributed by atoms with van der Waals surface area (Å²) in [6.45, 7) is 1.47. The first-order valence-electron chi connectivity index (χ1n) is 7.36. The van der Waals surface area contributed by atoms with Gasteiger partial charge in [-0.25, -0.2) is 0 Å². The molecule has 6 heteroatoms. The number of aryl methyl sites for hydroxylation is 1. The first-order valence-corrected chi connectivity index (χ1v) is 7.36. The summed E-state index contributed by atoms with van der Waals surface area (Å²) in [5.74, 6) is -0.644. The minimum absolute atomic E-state index is 0.0575. The first kappa shape index (κ1) is 15.6. The Kier molecular flexibility index (Phi) is 3.95. The quantitative estimate of drug-likeness (QED) is 0.751. The number of carbonyl (C=O) groups excluding carboxylic acids is 2. The van der Waals surface area contributed by atoms with E-state index in [1.165, 1.54) is 11.6 Å². The van der Waals surface area contributed by atoms with Crippen LogP contribution in [0, 0.1) is 0 Å². The van der Waals surface area contributed by atoms with Crippen molar-refractivity contribution in [2.24, 2.45) is 7.05 Å². The van der Waals surface area contributed by atoms with Crippen LogP contribution in [0.5, 0.6) is 0 Å². The average Bonchev–Trinajstić information content (AvgIpc) is 2.58. The maximum absolute atomic E-state index is 12.5. The number of fused-ring (bicyclic) bond motifs is 1. The molecule has 0 aliphatic carbocycles. The van der Waals surface area contributed by atoms with Crippen LogP contribution in [0.25, 0.3) is 10.9 Å². The lowest BCUT2D eigenvalue weighted by Gasteiger charge is -2.08. The predicted octanol–water partition coefficient (Wildman–Crippen LogP) is 2.39. The number of nitrogens with zero attached hydrogens (tertiary/aromatic N) is 2. The largest absolute Gasteiger partial charge is 0.320 e. The molecule has 6 nitrogen and oxygen atoms in total. The fourth-order valence-electron chi connectivity index (χ4n) is 2.45. The number of para-hydroxylation sites is 1. The van der Waals surface area contributed by atoms with Crippen LogP contribution in [0.1, 0.15) is 27.8 Å². The van der Waals surface area contributed by atoms with E-state index in [9.17, 15) is 14.4 Å². The lowest BCUT2D eigenvalue weighted by Crippen LogP contribution is -2.26. The van der Waals surface area contributed by atoms with Gasteiger partial charge in [-0.15, -0.1) is 0 Å². The SMILES string of the molecule is CC(=O)c1ccc(NC(=O)c2nn(C)c3ccccc3c2=O)cc1. The lowest BCUT2D eigenvalue weighted by molar-refractivity contribution is 0.101. The zero-order valence-corrected chi connectivity index (χ0v) is 13.2. The Labute approximate surface area is 137 Å². The number of aromatic nitrogens is 2. The maximum Gasteiger partial charge on any atom is 0.280 e. The summed E-state index contributed by atoms with van der Waals surface area (Å²) in [6.07, 6.45) is 0. The Morgan fingerprint density at radius 2 is 1.71 bits per heavy atom. The molecule has 0 unspecified atom stereocenters. The van der Waals surface area contributed by atoms with E-state index in [1.807, 2.05) is 0 Å². The summed E-state index contributed by atoms with van der Waals surface area (Å²) in [5, 5.41) is 7.15. The third kappa shape index (κ3) is 2.81. The number of hydrogen-bond donors (Lipinski definition) is 1. The fourth-order valence-corrected chi connectivity index (χ4v) is 2.45. The van der Waals surface area contributed by atoms with Gasteiger partial charge in [-0.05, 0) is 43.3 Å². The van der Waals surface area contributed by atoms with Crippen LogP contribution in [0.2, 0.25) is 0 Å². The molecule has 0 fully saturated rings. The molecule has 0 saturated carbocycles. The van der Waals surface area contributed by atoms with Gasteiger partial charge in [0.1, 0.15) is 0 Å². The minimum Gasteiger partial charge on any atom is -0.320 e. The van der Waals surface area contributed by atoms with Gasteiger partial charge < -0.3 is 5.32 Å². The van der Waals surface area contributed by atoms with Crippen LogP contribution >= 0.6 is 0 Å². The van der Waals surface area contributed by atoms with Gasteiger partial charge in [0, 0.05) is 23.7 Å². The molecular formula is C18H15N3O3. The summed E-state index contributed by atoms with van der Waals surface area (Å²) in [5.41, 5.74) is 1.10. The minimum atomic E-state index is -0.586. The highest BCUT2D eigenvalue weighted by Gasteiger charge is 2.16. The molecule has 1 N–H and O–H groups in total. The van der Waals surface area contributed by atoms with E-state index in [0.29, 0.717) is 22.2 Å². The van der Waals surface area contributed by atoms with Gasteiger partial charge >= 0.3 is 0 Å². The van der Waals surface area contributed by atoms with E-state index in [4.69, 9.17) is 0 Å². The topological polar surface area (TPSA) is 81.1 Å². The number of anilines is 1. The summed E-state index contributed by atoms with van der Waals surface area (Å²) >= 11 is 0. The Morgan fingerprint density at radius 1 is 1.04 bits per heavy atom. The summed E-state index contributed by atoms with van der Waals surface area (Å²) in [4.78, 5) is 36.1. The first-order chi connectivity index (χ1) is 11.5. The second-order valence-corrected chi connectivity index (χ2v) is 5.41. The molecule has 1 heterocycles. The highest BCUT2D eigenvalue weighted by Crippen LogP contribution is 2.12. The number of hydrogen-bond acceptors (Lipinski definition) is 4. The van der Waals surface area contributed by atoms with Crippen molar-refractivity contribution >= 4 is 28.3 Å². The lowest BCUT2D eigenvalue weighted by atomic mass is 10.1. The van der Waals surface area contributed by atoms with Crippen molar-refractivity contribution in [1.82, 2.24) is 9.78 Å². The van der Waals surface area contributed by atoms with Crippen molar-refractivity contribution in [3.05, 3.63) is 70.0 Å². The molecule has 0 aliphatic heterocycles. The van der Waals surface area contributed by atoms with Gasteiger partial charge in [0.05, 0.1) is 5.52 Å². The summed E-state index contributed by atoms with van der Waals surface area (Å²) < 4.78 is 1.50. The molecule has 120 valence electrons. The van der Waals surface area contributed by atoms with Gasteiger partial charge in [0.2, 0.25) is 5.43 Å². The number of nitrogens with one attached hydrogen (secondary N) is 1. The second-order valence-electron chi connectivity index (χ2n) is 5.41. The van der Waals surface area contributed by atoms with Gasteiger partial charge in [0.25, 0.3) is 5.91 Å². The molecule has 0 aliphatic rings. The fraction of sp³-hybridized carbons (Fsp3) is 0.111. The van der Waals surface area contributed by atoms with E-state index in [-0.39, 0.29) is 11.5 Å². The molecule has 3 rings (SSSR count). The molecule has 0 saturated heterocycles. The average molecular weight is 321 g/mol. The number of benzene rings is 2. The number of carbonyl (C=O) groups is 2. The highest BCUT2D eigenvalue weighted by atomic mass is 16.2. The van der Waals surface area contributed by atoms with E-state index < -0.39 is 11.3 Å². The standard InChI is InChI=1S/C18H15N3O3/c1-11(22)12-7-9-13(10-8-12)19-18(24)16-17(23)14-5-3-4-6-15(14)21(2)20-16/h3-10H,1-2H3,(H,19,24). The molecule has 0 radical (unpaired) electrons. The van der Waals surface area contributed by atoms with Gasteiger partial charge in [-0.3, -0.25) is 19.1 Å². The third-order valence-corrected chi connectivity index (χ3v) is 3.73. The van der Waals surface area contributed by atoms with Crippen molar-refractivity contribution in [1.29, 1.82) is 0 Å². The molecule has 24 heavy (non-hydrogen) atoms. The molecule has 0 atom stereocenters. The number of Topliss-reactive ketones (excluding diaryl/α,β-unsaturated/α-hetero) is 1. The molecule has 3 aromatic rings. The highest BCUT2D eigenvalue weighted by molar-refractivity contribution is 6.04. The zero-order chi connectivity index (χ0) is 17.3. The molecule has 1 aromatic heterocycles. The summed E-state index contributed by atoms with van der Waals surface area (Å²) in [7, 11) is 1.68. The molecule has 1 amide bonds. The van der Waals surface area contributed by atoms with Gasteiger partial charge in [0.15, 0.2) is 11.5 Å². The van der Waals surface area contributed by atoms with Crippen LogP contribution in [0.3, 0.4) is 0 Å². The van der Waals surface area contributed by atoms with Crippen molar-refractivity contribution in [3.63, 3.8) is 0 Å². The summed E-state index contributed by atoms with van der Waals surface area (Å²) in [6, 6.07) is 13.4. The van der Waals surface area contributed by atoms with E-state index in [1.54, 1.807) is 55.6 Å². The zero-order valence-electron chi connectivity index (χ0n) is 13.2. The van der Waals surface area contributed by atoms with Crippen LogP contribution in [-0.2, 0) is 7.05 Å². The van der Waals surface area contributed by atoms with Crippen LogP contribution in [-0.4, -0.2) is 21.5 Å². The maximum atomic E-state index is 12.5. The van der Waals surface area contributed by atoms with Crippen molar-refractivity contribution in [3.8, 4) is 0 Å². The Balaban J connectivity index is 1.95. The van der Waals surface area contributed by atoms with Gasteiger partial charge in [-0.2, -0.15) is 5.10 Å². The van der Waals surface area contributed by atoms with Crippen LogP contribution in [0.15, 0.2) is 53.3 Å². The Bertz CT molecular complexity index is 1000. The Morgan fingerprint density at radius 3 is 2.38 bits per heavy atom. The number of amides is 1. The predicted molar refractivity (Wildman–Crippen MR) is 91.4 cm³/mol. The van der Waals surface area contributed by atoms with Crippen molar-refractivity contribution in [2.75, 3.05) is 5.32 Å². The molecule has 2 aromatic carbocycles. The third-order valence-electron chi connectivity index (χ3n) is 3.73. The molecule has 0 spiro atoms. The molecular weight excluding hydrogens is 306 g/mol. The number of ketones is 1. The smallest absolute Gasteiger partial charge is 0.280 e. The van der Waals surface area contributed by atoms with Crippen LogP contribution in [0.4, 0.5) is 5.69 Å².